The normalized spacial score (nSPS) is 18.5. The van der Waals surface area contributed by atoms with E-state index in [0.717, 1.165) is 49.9 Å². The molecule has 4 heteroatoms. The molecule has 30 heavy (non-hydrogen) atoms. The van der Waals surface area contributed by atoms with Crippen molar-refractivity contribution in [2.24, 2.45) is 0 Å². The highest BCUT2D eigenvalue weighted by Crippen LogP contribution is 2.52. The fourth-order valence-corrected chi connectivity index (χ4v) is 5.23. The van der Waals surface area contributed by atoms with Crippen molar-refractivity contribution >= 4 is 33.4 Å². The van der Waals surface area contributed by atoms with Crippen LogP contribution in [0.4, 0.5) is 5.69 Å². The van der Waals surface area contributed by atoms with Gasteiger partial charge in [0.25, 0.3) is 0 Å². The van der Waals surface area contributed by atoms with E-state index in [1.54, 1.807) is 4.90 Å². The Morgan fingerprint density at radius 3 is 2.27 bits per heavy atom. The summed E-state index contributed by atoms with van der Waals surface area (Å²) < 4.78 is 0. The summed E-state index contributed by atoms with van der Waals surface area (Å²) in [6.45, 7) is 2.11. The number of fused-ring (bicyclic) bond motifs is 3. The lowest BCUT2D eigenvalue weighted by atomic mass is 9.71. The van der Waals surface area contributed by atoms with E-state index >= 15 is 0 Å². The van der Waals surface area contributed by atoms with Crippen LogP contribution in [0.5, 0.6) is 0 Å². The minimum Gasteiger partial charge on any atom is -0.361 e. The summed E-state index contributed by atoms with van der Waals surface area (Å²) in [6.07, 6.45) is 2.00. The molecule has 1 aliphatic heterocycles. The molecule has 6 rings (SSSR count). The number of likely N-dealkylation sites (N-methyl/N-ethyl adjacent to an activating group) is 1. The molecule has 0 fully saturated rings. The lowest BCUT2D eigenvalue weighted by Gasteiger charge is -2.28. The van der Waals surface area contributed by atoms with Gasteiger partial charge in [0.05, 0.1) is 0 Å². The number of para-hydroxylation sites is 3. The molecular weight excluding hydrogens is 370 g/mol. The van der Waals surface area contributed by atoms with Gasteiger partial charge in [0, 0.05) is 57.6 Å². The summed E-state index contributed by atoms with van der Waals surface area (Å²) >= 11 is 0. The zero-order valence-corrected chi connectivity index (χ0v) is 16.9. The summed E-state index contributed by atoms with van der Waals surface area (Å²) in [6, 6.07) is 24.6. The number of benzene rings is 3. The molecule has 2 N–H and O–H groups in total. The van der Waals surface area contributed by atoms with Gasteiger partial charge in [-0.3, -0.25) is 4.79 Å². The van der Waals surface area contributed by atoms with Crippen molar-refractivity contribution in [3.63, 3.8) is 0 Å². The van der Waals surface area contributed by atoms with Crippen LogP contribution in [0, 0.1) is 6.92 Å². The van der Waals surface area contributed by atoms with Crippen LogP contribution in [0.3, 0.4) is 0 Å². The van der Waals surface area contributed by atoms with E-state index in [1.165, 1.54) is 0 Å². The molecule has 0 unspecified atom stereocenters. The monoisotopic (exact) mass is 391 g/mol. The van der Waals surface area contributed by atoms with Crippen LogP contribution in [0.2, 0.25) is 0 Å². The first-order chi connectivity index (χ1) is 14.6. The Morgan fingerprint density at radius 1 is 0.800 bits per heavy atom. The molecule has 5 aromatic rings. The van der Waals surface area contributed by atoms with Gasteiger partial charge in [-0.05, 0) is 30.7 Å². The fraction of sp³-hybridized carbons (Fsp3) is 0.115. The van der Waals surface area contributed by atoms with Crippen molar-refractivity contribution in [1.82, 2.24) is 9.97 Å². The first-order valence-electron chi connectivity index (χ1n) is 10.2. The van der Waals surface area contributed by atoms with Gasteiger partial charge < -0.3 is 14.9 Å². The Hall–Kier alpha value is -3.79. The van der Waals surface area contributed by atoms with Gasteiger partial charge >= 0.3 is 0 Å². The summed E-state index contributed by atoms with van der Waals surface area (Å²) in [5, 5.41) is 2.21. The van der Waals surface area contributed by atoms with Gasteiger partial charge in [-0.1, -0.05) is 54.6 Å². The highest BCUT2D eigenvalue weighted by atomic mass is 16.2. The summed E-state index contributed by atoms with van der Waals surface area (Å²) in [7, 11) is 1.87. The molecule has 4 nitrogen and oxygen atoms in total. The second-order valence-corrected chi connectivity index (χ2v) is 8.05. The number of aryl methyl sites for hydroxylation is 1. The molecule has 0 bridgehead atoms. The van der Waals surface area contributed by atoms with Crippen molar-refractivity contribution in [2.45, 2.75) is 12.3 Å². The number of carbonyl (C=O) groups is 1. The van der Waals surface area contributed by atoms with E-state index in [9.17, 15) is 4.79 Å². The van der Waals surface area contributed by atoms with E-state index in [2.05, 4.69) is 47.2 Å². The first-order valence-corrected chi connectivity index (χ1v) is 10.2. The molecular formula is C26H21N3O. The van der Waals surface area contributed by atoms with Crippen molar-refractivity contribution in [3.05, 3.63) is 101 Å². The fourth-order valence-electron chi connectivity index (χ4n) is 5.23. The van der Waals surface area contributed by atoms with Gasteiger partial charge in [0.2, 0.25) is 5.91 Å². The third-order valence-corrected chi connectivity index (χ3v) is 6.63. The minimum absolute atomic E-state index is 0.0584. The van der Waals surface area contributed by atoms with Crippen molar-refractivity contribution in [2.75, 3.05) is 11.9 Å². The second kappa shape index (κ2) is 5.86. The SMILES string of the molecule is Cc1c([C@]2(c3c[nH]c4ccccc34)C(=O)N(C)c3ccccc32)[nH]c2ccccc12. The number of hydrogen-bond donors (Lipinski definition) is 2. The minimum atomic E-state index is -0.936. The van der Waals surface area contributed by atoms with Crippen molar-refractivity contribution < 1.29 is 4.79 Å². The standard InChI is InChI=1S/C26H21N3O/c1-16-17-9-3-7-13-22(17)28-24(16)26(20-15-27-21-12-6-4-10-18(20)21)19-11-5-8-14-23(19)29(2)25(26)30/h3-15,27-28H,1-2H3/t26-/m0/s1. The molecule has 146 valence electrons. The highest BCUT2D eigenvalue weighted by Gasteiger charge is 2.55. The highest BCUT2D eigenvalue weighted by molar-refractivity contribution is 6.15. The number of aromatic amines is 2. The van der Waals surface area contributed by atoms with Crippen LogP contribution in [0.25, 0.3) is 21.8 Å². The lowest BCUT2D eigenvalue weighted by molar-refractivity contribution is -0.120. The molecule has 0 saturated heterocycles. The van der Waals surface area contributed by atoms with Crippen LogP contribution >= 0.6 is 0 Å². The van der Waals surface area contributed by atoms with Crippen LogP contribution in [0.15, 0.2) is 79.0 Å². The average molecular weight is 391 g/mol. The van der Waals surface area contributed by atoms with Crippen molar-refractivity contribution in [3.8, 4) is 0 Å². The Bertz CT molecular complexity index is 1460. The number of carbonyl (C=O) groups excluding carboxylic acids is 1. The number of nitrogens with zero attached hydrogens (tertiary/aromatic N) is 1. The van der Waals surface area contributed by atoms with Crippen LogP contribution in [-0.4, -0.2) is 22.9 Å². The number of anilines is 1. The van der Waals surface area contributed by atoms with Gasteiger partial charge in [-0.15, -0.1) is 0 Å². The predicted octanol–water partition coefficient (Wildman–Crippen LogP) is 5.27. The van der Waals surface area contributed by atoms with E-state index < -0.39 is 5.41 Å². The van der Waals surface area contributed by atoms with Gasteiger partial charge in [-0.25, -0.2) is 0 Å². The molecule has 1 amide bonds. The first kappa shape index (κ1) is 17.1. The van der Waals surface area contributed by atoms with Crippen LogP contribution in [0.1, 0.15) is 22.4 Å². The molecule has 0 radical (unpaired) electrons. The molecule has 0 saturated carbocycles. The van der Waals surface area contributed by atoms with Crippen molar-refractivity contribution in [1.29, 1.82) is 0 Å². The predicted molar refractivity (Wildman–Crippen MR) is 121 cm³/mol. The van der Waals surface area contributed by atoms with Gasteiger partial charge in [-0.2, -0.15) is 0 Å². The topological polar surface area (TPSA) is 51.9 Å². The molecule has 0 spiro atoms. The average Bonchev–Trinajstić information content (AvgIpc) is 3.42. The smallest absolute Gasteiger partial charge is 0.248 e. The van der Waals surface area contributed by atoms with E-state index in [-0.39, 0.29) is 5.91 Å². The van der Waals surface area contributed by atoms with Gasteiger partial charge in [0.15, 0.2) is 0 Å². The Labute approximate surface area is 174 Å². The zero-order valence-electron chi connectivity index (χ0n) is 16.9. The lowest BCUT2D eigenvalue weighted by Crippen LogP contribution is -2.41. The number of hydrogen-bond acceptors (Lipinski definition) is 1. The number of amides is 1. The Balaban J connectivity index is 1.81. The second-order valence-electron chi connectivity index (χ2n) is 8.05. The largest absolute Gasteiger partial charge is 0.361 e. The molecule has 3 aromatic carbocycles. The number of H-pyrrole nitrogens is 2. The summed E-state index contributed by atoms with van der Waals surface area (Å²) in [5.74, 6) is 0.0584. The maximum absolute atomic E-state index is 14.1. The molecule has 0 aliphatic carbocycles. The zero-order chi connectivity index (χ0) is 20.5. The molecule has 1 atom stereocenters. The molecule has 2 aromatic heterocycles. The Kier molecular flexibility index (Phi) is 3.34. The van der Waals surface area contributed by atoms with E-state index in [4.69, 9.17) is 0 Å². The number of rotatable bonds is 2. The van der Waals surface area contributed by atoms with E-state index in [1.807, 2.05) is 55.7 Å². The quantitative estimate of drug-likeness (QED) is 0.423. The number of aromatic nitrogens is 2. The maximum atomic E-state index is 14.1. The van der Waals surface area contributed by atoms with Crippen LogP contribution in [-0.2, 0) is 10.2 Å². The summed E-state index contributed by atoms with van der Waals surface area (Å²) in [4.78, 5) is 23.0. The summed E-state index contributed by atoms with van der Waals surface area (Å²) in [5.41, 5.74) is 6.13. The third kappa shape index (κ3) is 1.93. The maximum Gasteiger partial charge on any atom is 0.248 e. The van der Waals surface area contributed by atoms with E-state index in [0.29, 0.717) is 0 Å². The third-order valence-electron chi connectivity index (χ3n) is 6.63. The van der Waals surface area contributed by atoms with Crippen LogP contribution < -0.4 is 4.90 Å². The molecule has 1 aliphatic rings. The van der Waals surface area contributed by atoms with Gasteiger partial charge in [0.1, 0.15) is 5.41 Å². The Morgan fingerprint density at radius 2 is 1.47 bits per heavy atom. The number of nitrogens with one attached hydrogen (secondary N) is 2. The molecule has 3 heterocycles.